The van der Waals surface area contributed by atoms with E-state index in [0.29, 0.717) is 5.56 Å². The number of carboxylic acids is 1. The van der Waals surface area contributed by atoms with Crippen molar-refractivity contribution in [2.24, 2.45) is 0 Å². The first-order chi connectivity index (χ1) is 9.47. The lowest BCUT2D eigenvalue weighted by atomic mass is 10.0. The number of rotatable bonds is 7. The highest BCUT2D eigenvalue weighted by atomic mass is 16.4. The van der Waals surface area contributed by atoms with Crippen LogP contribution in [0.3, 0.4) is 0 Å². The lowest BCUT2D eigenvalue weighted by molar-refractivity contribution is -0.138. The Hall–Kier alpha value is -1.88. The van der Waals surface area contributed by atoms with Crippen LogP contribution in [0.15, 0.2) is 24.3 Å². The van der Waals surface area contributed by atoms with E-state index in [-0.39, 0.29) is 18.5 Å². The van der Waals surface area contributed by atoms with Gasteiger partial charge in [-0.25, -0.2) is 0 Å². The van der Waals surface area contributed by atoms with E-state index in [2.05, 4.69) is 5.32 Å². The zero-order valence-corrected chi connectivity index (χ0v) is 12.2. The fourth-order valence-electron chi connectivity index (χ4n) is 2.00. The maximum atomic E-state index is 12.5. The molecule has 0 aliphatic heterocycles. The van der Waals surface area contributed by atoms with Crippen molar-refractivity contribution in [1.82, 2.24) is 10.2 Å². The van der Waals surface area contributed by atoms with Gasteiger partial charge in [0.05, 0.1) is 0 Å². The molecule has 0 bridgehead atoms. The molecule has 20 heavy (non-hydrogen) atoms. The first-order valence-corrected chi connectivity index (χ1v) is 6.72. The smallest absolute Gasteiger partial charge is 0.323 e. The van der Waals surface area contributed by atoms with Gasteiger partial charge in [0, 0.05) is 11.6 Å². The molecule has 0 atom stereocenters. The van der Waals surface area contributed by atoms with E-state index in [1.807, 2.05) is 33.0 Å². The second kappa shape index (κ2) is 7.65. The van der Waals surface area contributed by atoms with Gasteiger partial charge in [-0.05, 0) is 45.5 Å². The molecule has 1 aromatic carbocycles. The van der Waals surface area contributed by atoms with Crippen LogP contribution in [0.25, 0.3) is 0 Å². The van der Waals surface area contributed by atoms with Crippen molar-refractivity contribution < 1.29 is 14.7 Å². The third-order valence-corrected chi connectivity index (χ3v) is 3.08. The molecule has 0 aliphatic carbocycles. The van der Waals surface area contributed by atoms with E-state index < -0.39 is 5.97 Å². The van der Waals surface area contributed by atoms with Gasteiger partial charge in [-0.15, -0.1) is 0 Å². The van der Waals surface area contributed by atoms with Crippen LogP contribution in [0.4, 0.5) is 0 Å². The summed E-state index contributed by atoms with van der Waals surface area (Å²) in [5.74, 6) is -1.23. The summed E-state index contributed by atoms with van der Waals surface area (Å²) in [5, 5.41) is 12.0. The van der Waals surface area contributed by atoms with Gasteiger partial charge in [0.1, 0.15) is 6.54 Å². The van der Waals surface area contributed by atoms with Gasteiger partial charge in [-0.1, -0.05) is 18.2 Å². The molecule has 0 saturated heterocycles. The van der Waals surface area contributed by atoms with Crippen molar-refractivity contribution in [2.45, 2.75) is 26.3 Å². The number of carboxylic acid groups (broad SMARTS) is 1. The quantitative estimate of drug-likeness (QED) is 0.790. The minimum Gasteiger partial charge on any atom is -0.480 e. The van der Waals surface area contributed by atoms with Crippen molar-refractivity contribution in [2.75, 3.05) is 20.1 Å². The highest BCUT2D eigenvalue weighted by Crippen LogP contribution is 2.14. The topological polar surface area (TPSA) is 69.6 Å². The first kappa shape index (κ1) is 16.2. The van der Waals surface area contributed by atoms with Gasteiger partial charge in [0.25, 0.3) is 5.91 Å². The fraction of sp³-hybridized carbons (Fsp3) is 0.467. The van der Waals surface area contributed by atoms with Crippen molar-refractivity contribution in [1.29, 1.82) is 0 Å². The minimum absolute atomic E-state index is 0.157. The van der Waals surface area contributed by atoms with Crippen LogP contribution in [-0.4, -0.2) is 48.1 Å². The average Bonchev–Trinajstić information content (AvgIpc) is 2.41. The van der Waals surface area contributed by atoms with Crippen LogP contribution in [0, 0.1) is 0 Å². The Morgan fingerprint density at radius 3 is 2.50 bits per heavy atom. The average molecular weight is 278 g/mol. The largest absolute Gasteiger partial charge is 0.480 e. The van der Waals surface area contributed by atoms with Crippen LogP contribution in [0.1, 0.15) is 29.8 Å². The Balaban J connectivity index is 3.02. The van der Waals surface area contributed by atoms with Gasteiger partial charge in [-0.2, -0.15) is 0 Å². The van der Waals surface area contributed by atoms with E-state index in [1.165, 1.54) is 4.90 Å². The number of carbonyl (C=O) groups is 2. The second-order valence-electron chi connectivity index (χ2n) is 4.93. The molecule has 5 nitrogen and oxygen atoms in total. The molecule has 2 N–H and O–H groups in total. The van der Waals surface area contributed by atoms with Gasteiger partial charge in [0.2, 0.25) is 0 Å². The van der Waals surface area contributed by atoms with E-state index in [9.17, 15) is 9.59 Å². The number of carbonyl (C=O) groups excluding carboxylic acids is 1. The molecule has 0 unspecified atom stereocenters. The van der Waals surface area contributed by atoms with Crippen LogP contribution >= 0.6 is 0 Å². The van der Waals surface area contributed by atoms with Crippen LogP contribution < -0.4 is 5.32 Å². The number of aliphatic carboxylic acids is 1. The summed E-state index contributed by atoms with van der Waals surface area (Å²) >= 11 is 0. The van der Waals surface area contributed by atoms with Gasteiger partial charge >= 0.3 is 5.97 Å². The van der Waals surface area contributed by atoms with E-state index in [0.717, 1.165) is 18.5 Å². The molecule has 110 valence electrons. The van der Waals surface area contributed by atoms with Crippen LogP contribution in [0.5, 0.6) is 0 Å². The zero-order valence-electron chi connectivity index (χ0n) is 12.2. The Morgan fingerprint density at radius 2 is 1.95 bits per heavy atom. The number of likely N-dealkylation sites (N-methyl/N-ethyl adjacent to an activating group) is 1. The summed E-state index contributed by atoms with van der Waals surface area (Å²) in [6.45, 7) is 4.12. The molecular weight excluding hydrogens is 256 g/mol. The molecule has 0 saturated carbocycles. The molecular formula is C15H22N2O3. The second-order valence-corrected chi connectivity index (χ2v) is 4.93. The maximum Gasteiger partial charge on any atom is 0.323 e. The van der Waals surface area contributed by atoms with Crippen molar-refractivity contribution in [3.8, 4) is 0 Å². The Morgan fingerprint density at radius 1 is 1.30 bits per heavy atom. The molecule has 0 fully saturated rings. The molecule has 1 aromatic rings. The molecule has 0 radical (unpaired) electrons. The third kappa shape index (κ3) is 4.35. The highest BCUT2D eigenvalue weighted by Gasteiger charge is 2.22. The van der Waals surface area contributed by atoms with Crippen LogP contribution in [-0.2, 0) is 11.2 Å². The molecule has 1 amide bonds. The number of nitrogens with zero attached hydrogens (tertiary/aromatic N) is 1. The number of hydrogen-bond acceptors (Lipinski definition) is 3. The van der Waals surface area contributed by atoms with Gasteiger partial charge < -0.3 is 15.3 Å². The fourth-order valence-corrected chi connectivity index (χ4v) is 2.00. The summed E-state index contributed by atoms with van der Waals surface area (Å²) in [6.07, 6.45) is 0.734. The maximum absolute atomic E-state index is 12.5. The Labute approximate surface area is 119 Å². The van der Waals surface area contributed by atoms with Crippen molar-refractivity contribution in [3.63, 3.8) is 0 Å². The predicted molar refractivity (Wildman–Crippen MR) is 77.9 cm³/mol. The minimum atomic E-state index is -1.00. The summed E-state index contributed by atoms with van der Waals surface area (Å²) in [4.78, 5) is 24.8. The predicted octanol–water partition coefficient (Wildman–Crippen LogP) is 1.38. The van der Waals surface area contributed by atoms with Crippen molar-refractivity contribution in [3.05, 3.63) is 35.4 Å². The van der Waals surface area contributed by atoms with Crippen molar-refractivity contribution >= 4 is 11.9 Å². The number of benzene rings is 1. The number of hydrogen-bond donors (Lipinski definition) is 2. The Bertz CT molecular complexity index is 472. The normalized spacial score (nSPS) is 10.6. The lowest BCUT2D eigenvalue weighted by Gasteiger charge is -2.26. The monoisotopic (exact) mass is 278 g/mol. The SMILES string of the molecule is CNCCc1ccccc1C(=O)N(CC(=O)O)C(C)C. The number of nitrogens with one attached hydrogen (secondary N) is 1. The summed E-state index contributed by atoms with van der Waals surface area (Å²) in [6, 6.07) is 7.19. The summed E-state index contributed by atoms with van der Waals surface area (Å²) in [7, 11) is 1.86. The van der Waals surface area contributed by atoms with Gasteiger partial charge in [-0.3, -0.25) is 9.59 Å². The molecule has 0 aliphatic rings. The number of amides is 1. The molecule has 0 heterocycles. The molecule has 0 spiro atoms. The molecule has 0 aromatic heterocycles. The Kier molecular flexibility index (Phi) is 6.18. The van der Waals surface area contributed by atoms with Gasteiger partial charge in [0.15, 0.2) is 0 Å². The summed E-state index contributed by atoms with van der Waals surface area (Å²) in [5.41, 5.74) is 1.51. The lowest BCUT2D eigenvalue weighted by Crippen LogP contribution is -2.41. The van der Waals surface area contributed by atoms with E-state index >= 15 is 0 Å². The van der Waals surface area contributed by atoms with E-state index in [4.69, 9.17) is 5.11 Å². The zero-order chi connectivity index (χ0) is 15.1. The molecule has 5 heteroatoms. The third-order valence-electron chi connectivity index (χ3n) is 3.08. The van der Waals surface area contributed by atoms with Crippen LogP contribution in [0.2, 0.25) is 0 Å². The molecule has 1 rings (SSSR count). The van der Waals surface area contributed by atoms with E-state index in [1.54, 1.807) is 12.1 Å². The highest BCUT2D eigenvalue weighted by molar-refractivity contribution is 5.97. The standard InChI is InChI=1S/C15H22N2O3/c1-11(2)17(10-14(18)19)15(20)13-7-5-4-6-12(13)8-9-16-3/h4-7,11,16H,8-10H2,1-3H3,(H,18,19). The summed E-state index contributed by atoms with van der Waals surface area (Å²) < 4.78 is 0. The first-order valence-electron chi connectivity index (χ1n) is 6.72.